The predicted octanol–water partition coefficient (Wildman–Crippen LogP) is 3.41. The maximum Gasteiger partial charge on any atom is 0.387 e. The molecular weight excluding hydrogens is 399 g/mol. The van der Waals surface area contributed by atoms with E-state index in [-0.39, 0.29) is 42.0 Å². The number of benzene rings is 1. The number of amides is 1. The van der Waals surface area contributed by atoms with Crippen LogP contribution in [0.1, 0.15) is 32.7 Å². The Balaban J connectivity index is 0.00000182. The van der Waals surface area contributed by atoms with Crippen LogP contribution >= 0.6 is 24.8 Å². The van der Waals surface area contributed by atoms with Gasteiger partial charge in [0.1, 0.15) is 5.75 Å². The molecule has 0 atom stereocenters. The van der Waals surface area contributed by atoms with Crippen molar-refractivity contribution in [1.29, 1.82) is 0 Å². The van der Waals surface area contributed by atoms with Crippen molar-refractivity contribution in [2.24, 2.45) is 0 Å². The number of rotatable bonds is 5. The summed E-state index contributed by atoms with van der Waals surface area (Å²) in [4.78, 5) is 16.7. The minimum absolute atomic E-state index is 0. The van der Waals surface area contributed by atoms with Crippen molar-refractivity contribution in [3.05, 3.63) is 58.4 Å². The summed E-state index contributed by atoms with van der Waals surface area (Å²) < 4.78 is 28.9. The van der Waals surface area contributed by atoms with E-state index < -0.39 is 6.61 Å². The highest BCUT2D eigenvalue weighted by Gasteiger charge is 2.17. The fourth-order valence-corrected chi connectivity index (χ4v) is 2.96. The topological polar surface area (TPSA) is 63.2 Å². The van der Waals surface area contributed by atoms with Gasteiger partial charge in [0.05, 0.1) is 0 Å². The summed E-state index contributed by atoms with van der Waals surface area (Å²) in [7, 11) is 0. The third kappa shape index (κ3) is 5.76. The second-order valence-corrected chi connectivity index (χ2v) is 5.84. The number of carbonyl (C=O) groups is 1. The minimum atomic E-state index is -2.92. The van der Waals surface area contributed by atoms with Gasteiger partial charge in [0, 0.05) is 30.5 Å². The zero-order chi connectivity index (χ0) is 17.8. The molecule has 9 heteroatoms. The van der Waals surface area contributed by atoms with E-state index in [0.29, 0.717) is 6.54 Å². The van der Waals surface area contributed by atoms with Crippen molar-refractivity contribution in [2.75, 3.05) is 6.54 Å². The first-order valence-corrected chi connectivity index (χ1v) is 8.04. The van der Waals surface area contributed by atoms with Gasteiger partial charge in [0.25, 0.3) is 5.91 Å². The number of nitrogens with zero attached hydrogens (tertiary/aromatic N) is 1. The molecule has 0 spiro atoms. The average Bonchev–Trinajstić information content (AvgIpc) is 2.60. The number of carbonyl (C=O) groups excluding carboxylic acids is 1. The van der Waals surface area contributed by atoms with Gasteiger partial charge in [-0.05, 0) is 54.8 Å². The van der Waals surface area contributed by atoms with Gasteiger partial charge in [0.15, 0.2) is 0 Å². The van der Waals surface area contributed by atoms with Crippen LogP contribution in [-0.4, -0.2) is 24.0 Å². The van der Waals surface area contributed by atoms with Crippen LogP contribution < -0.4 is 15.4 Å². The molecule has 0 aliphatic carbocycles. The van der Waals surface area contributed by atoms with Crippen molar-refractivity contribution >= 4 is 30.7 Å². The molecule has 1 amide bonds. The number of aryl methyl sites for hydroxylation is 1. The van der Waals surface area contributed by atoms with E-state index in [1.54, 1.807) is 6.07 Å². The summed E-state index contributed by atoms with van der Waals surface area (Å²) in [6.45, 7) is 1.01. The molecule has 5 nitrogen and oxygen atoms in total. The van der Waals surface area contributed by atoms with Crippen LogP contribution in [-0.2, 0) is 19.5 Å². The van der Waals surface area contributed by atoms with E-state index in [9.17, 15) is 13.6 Å². The first kappa shape index (κ1) is 23.1. The van der Waals surface area contributed by atoms with Gasteiger partial charge in [-0.15, -0.1) is 24.8 Å². The highest BCUT2D eigenvalue weighted by atomic mass is 35.5. The molecule has 0 radical (unpaired) electrons. The average molecular weight is 420 g/mol. The predicted molar refractivity (Wildman–Crippen MR) is 103 cm³/mol. The van der Waals surface area contributed by atoms with E-state index in [4.69, 9.17) is 0 Å². The quantitative estimate of drug-likeness (QED) is 0.779. The number of nitrogens with one attached hydrogen (secondary N) is 2. The fraction of sp³-hybridized carbons (Fsp3) is 0.333. The van der Waals surface area contributed by atoms with Gasteiger partial charge in [-0.2, -0.15) is 8.78 Å². The summed E-state index contributed by atoms with van der Waals surface area (Å²) in [5, 5.41) is 6.14. The van der Waals surface area contributed by atoms with Crippen molar-refractivity contribution in [2.45, 2.75) is 33.0 Å². The molecule has 27 heavy (non-hydrogen) atoms. The monoisotopic (exact) mass is 419 g/mol. The lowest BCUT2D eigenvalue weighted by molar-refractivity contribution is -0.0498. The Hall–Kier alpha value is -1.96. The van der Waals surface area contributed by atoms with Gasteiger partial charge in [-0.25, -0.2) is 0 Å². The molecule has 0 saturated carbocycles. The maximum atomic E-state index is 12.3. The van der Waals surface area contributed by atoms with Crippen molar-refractivity contribution in [1.82, 2.24) is 15.6 Å². The molecule has 1 aromatic heterocycles. The van der Waals surface area contributed by atoms with Crippen LogP contribution in [0.15, 0.2) is 30.5 Å². The molecule has 1 aliphatic rings. The fourth-order valence-electron chi connectivity index (χ4n) is 2.96. The Morgan fingerprint density at radius 2 is 2.15 bits per heavy atom. The molecule has 2 aromatic rings. The molecule has 0 saturated heterocycles. The van der Waals surface area contributed by atoms with E-state index in [1.807, 2.05) is 13.1 Å². The van der Waals surface area contributed by atoms with E-state index >= 15 is 0 Å². The third-order valence-electron chi connectivity index (χ3n) is 4.22. The summed E-state index contributed by atoms with van der Waals surface area (Å²) >= 11 is 0. The second-order valence-electron chi connectivity index (χ2n) is 5.84. The van der Waals surface area contributed by atoms with Crippen molar-refractivity contribution in [3.8, 4) is 5.75 Å². The number of pyridine rings is 1. The summed E-state index contributed by atoms with van der Waals surface area (Å²) in [5.74, 6) is -0.380. The van der Waals surface area contributed by atoms with Gasteiger partial charge in [-0.1, -0.05) is 6.07 Å². The maximum absolute atomic E-state index is 12.3. The summed E-state index contributed by atoms with van der Waals surface area (Å²) in [6.07, 6.45) is 2.76. The largest absolute Gasteiger partial charge is 0.435 e. The number of halogens is 4. The Kier molecular flexibility index (Phi) is 8.88. The molecule has 3 rings (SSSR count). The van der Waals surface area contributed by atoms with E-state index in [1.165, 1.54) is 23.8 Å². The number of ether oxygens (including phenoxy) is 1. The van der Waals surface area contributed by atoms with Crippen LogP contribution in [0.3, 0.4) is 0 Å². The highest BCUT2D eigenvalue weighted by molar-refractivity contribution is 5.94. The Labute approximate surface area is 168 Å². The Bertz CT molecular complexity index is 791. The lowest BCUT2D eigenvalue weighted by Crippen LogP contribution is -2.28. The highest BCUT2D eigenvalue weighted by Crippen LogP contribution is 2.21. The standard InChI is InChI=1S/C18H19F2N3O2.2ClH/c1-11-16(15-5-6-21-8-13(15)9-22-11)10-23-17(24)12-3-2-4-14(7-12)25-18(19)20;;/h2-4,7,9,18,21H,5-6,8,10H2,1H3,(H,23,24);2*1H. The molecule has 0 bridgehead atoms. The molecule has 1 aliphatic heterocycles. The number of hydrogen-bond donors (Lipinski definition) is 2. The van der Waals surface area contributed by atoms with Crippen LogP contribution in [0, 0.1) is 6.92 Å². The normalized spacial score (nSPS) is 12.4. The minimum Gasteiger partial charge on any atom is -0.435 e. The first-order valence-electron chi connectivity index (χ1n) is 8.04. The molecule has 148 valence electrons. The second kappa shape index (κ2) is 10.4. The van der Waals surface area contributed by atoms with Crippen LogP contribution in [0.2, 0.25) is 0 Å². The molecule has 0 unspecified atom stereocenters. The van der Waals surface area contributed by atoms with Gasteiger partial charge >= 0.3 is 6.61 Å². The Morgan fingerprint density at radius 3 is 2.89 bits per heavy atom. The number of hydrogen-bond acceptors (Lipinski definition) is 4. The number of aromatic nitrogens is 1. The van der Waals surface area contributed by atoms with Gasteiger partial charge in [-0.3, -0.25) is 9.78 Å². The van der Waals surface area contributed by atoms with Crippen LogP contribution in [0.25, 0.3) is 0 Å². The van der Waals surface area contributed by atoms with E-state index in [0.717, 1.165) is 36.3 Å². The lowest BCUT2D eigenvalue weighted by Gasteiger charge is -2.21. The SMILES string of the molecule is Cc1ncc2c(c1CNC(=O)c1cccc(OC(F)F)c1)CCNC2.Cl.Cl. The molecule has 2 heterocycles. The third-order valence-corrected chi connectivity index (χ3v) is 4.22. The van der Waals surface area contributed by atoms with Crippen molar-refractivity contribution < 1.29 is 18.3 Å². The summed E-state index contributed by atoms with van der Waals surface area (Å²) in [6, 6.07) is 5.76. The van der Waals surface area contributed by atoms with E-state index in [2.05, 4.69) is 20.4 Å². The van der Waals surface area contributed by atoms with Crippen LogP contribution in [0.4, 0.5) is 8.78 Å². The molecular formula is C18H21Cl2F2N3O2. The van der Waals surface area contributed by atoms with Gasteiger partial charge in [0.2, 0.25) is 0 Å². The first-order chi connectivity index (χ1) is 12.0. The Morgan fingerprint density at radius 1 is 1.37 bits per heavy atom. The summed E-state index contributed by atoms with van der Waals surface area (Å²) in [5.41, 5.74) is 4.55. The van der Waals surface area contributed by atoms with Gasteiger partial charge < -0.3 is 15.4 Å². The molecule has 2 N–H and O–H groups in total. The zero-order valence-electron chi connectivity index (χ0n) is 14.6. The van der Waals surface area contributed by atoms with Crippen LogP contribution in [0.5, 0.6) is 5.75 Å². The smallest absolute Gasteiger partial charge is 0.387 e. The number of alkyl halides is 2. The molecule has 0 fully saturated rings. The van der Waals surface area contributed by atoms with Crippen molar-refractivity contribution in [3.63, 3.8) is 0 Å². The number of fused-ring (bicyclic) bond motifs is 1. The molecule has 1 aromatic carbocycles. The zero-order valence-corrected chi connectivity index (χ0v) is 16.3. The lowest BCUT2D eigenvalue weighted by atomic mass is 9.96.